The number of hydrogen-bond acceptors (Lipinski definition) is 2. The molecule has 0 saturated carbocycles. The Morgan fingerprint density at radius 2 is 1.92 bits per heavy atom. The zero-order valence-electron chi connectivity index (χ0n) is 5.79. The summed E-state index contributed by atoms with van der Waals surface area (Å²) in [6.07, 6.45) is 0. The fraction of sp³-hybridized carbons (Fsp3) is 0. The number of sulfonamides is 1. The van der Waals surface area contributed by atoms with E-state index in [-0.39, 0.29) is 4.90 Å². The molecule has 2 N–H and O–H groups in total. The molecule has 0 aromatic heterocycles. The van der Waals surface area contributed by atoms with Crippen molar-refractivity contribution in [2.24, 2.45) is 5.14 Å². The molecule has 0 saturated heterocycles. The van der Waals surface area contributed by atoms with Gasteiger partial charge in [0.2, 0.25) is 10.0 Å². The van der Waals surface area contributed by atoms with Crippen LogP contribution in [0.4, 0.5) is 4.39 Å². The summed E-state index contributed by atoms with van der Waals surface area (Å²) in [7, 11) is -3.82. The van der Waals surface area contributed by atoms with E-state index in [1.807, 2.05) is 0 Å². The van der Waals surface area contributed by atoms with Crippen molar-refractivity contribution in [2.75, 3.05) is 0 Å². The number of rotatable bonds is 1. The molecule has 0 radical (unpaired) electrons. The van der Waals surface area contributed by atoms with Crippen molar-refractivity contribution in [2.45, 2.75) is 4.90 Å². The van der Waals surface area contributed by atoms with E-state index in [0.717, 1.165) is 12.1 Å². The molecule has 0 heterocycles. The van der Waals surface area contributed by atoms with Gasteiger partial charge in [0.05, 0.1) is 4.90 Å². The van der Waals surface area contributed by atoms with Gasteiger partial charge in [-0.25, -0.2) is 17.9 Å². The molecule has 0 atom stereocenters. The molecule has 0 spiro atoms. The summed E-state index contributed by atoms with van der Waals surface area (Å²) >= 11 is 2.95. The summed E-state index contributed by atoms with van der Waals surface area (Å²) in [4.78, 5) is -0.241. The number of halogens is 2. The summed E-state index contributed by atoms with van der Waals surface area (Å²) in [5.74, 6) is -0.645. The monoisotopic (exact) mass is 253 g/mol. The molecule has 1 rings (SSSR count). The maximum absolute atomic E-state index is 12.6. The highest BCUT2D eigenvalue weighted by atomic mass is 79.9. The minimum absolute atomic E-state index is 0.241. The molecule has 0 amide bonds. The van der Waals surface area contributed by atoms with Gasteiger partial charge in [0.15, 0.2) is 0 Å². The second-order valence-electron chi connectivity index (χ2n) is 2.15. The van der Waals surface area contributed by atoms with Crippen molar-refractivity contribution in [3.8, 4) is 0 Å². The first-order valence-corrected chi connectivity index (χ1v) is 5.22. The zero-order chi connectivity index (χ0) is 9.35. The van der Waals surface area contributed by atoms with E-state index in [1.165, 1.54) is 6.07 Å². The van der Waals surface area contributed by atoms with Crippen LogP contribution in [0.3, 0.4) is 0 Å². The highest BCUT2D eigenvalue weighted by molar-refractivity contribution is 9.10. The van der Waals surface area contributed by atoms with Gasteiger partial charge in [0.25, 0.3) is 0 Å². The van der Waals surface area contributed by atoms with Crippen LogP contribution in [0.1, 0.15) is 0 Å². The average molecular weight is 254 g/mol. The lowest BCUT2D eigenvalue weighted by Gasteiger charge is -1.98. The summed E-state index contributed by atoms with van der Waals surface area (Å²) in [5.41, 5.74) is 0. The van der Waals surface area contributed by atoms with Gasteiger partial charge in [-0.15, -0.1) is 0 Å². The molecule has 0 fully saturated rings. The third-order valence-corrected chi connectivity index (χ3v) is 2.52. The van der Waals surface area contributed by atoms with E-state index in [9.17, 15) is 12.8 Å². The Hall–Kier alpha value is -0.460. The molecule has 6 heteroatoms. The third kappa shape index (κ3) is 2.26. The average Bonchev–Trinajstić information content (AvgIpc) is 1.82. The standard InChI is InChI=1S/C6H5BrFNO2S/c7-4-1-5(8)3-6(2-4)12(9,10)11/h1-3H,(H2,9,10,11). The Balaban J connectivity index is 3.37. The lowest BCUT2D eigenvalue weighted by atomic mass is 10.3. The molecule has 0 aliphatic rings. The number of primary sulfonamides is 1. The van der Waals surface area contributed by atoms with Crippen LogP contribution >= 0.6 is 15.9 Å². The van der Waals surface area contributed by atoms with Crippen LogP contribution in [0.15, 0.2) is 27.6 Å². The highest BCUT2D eigenvalue weighted by Crippen LogP contribution is 2.17. The first-order valence-electron chi connectivity index (χ1n) is 2.88. The molecule has 0 aliphatic heterocycles. The Morgan fingerprint density at radius 3 is 2.33 bits per heavy atom. The Bertz CT molecular complexity index is 384. The topological polar surface area (TPSA) is 60.2 Å². The molecule has 1 aromatic carbocycles. The predicted molar refractivity (Wildman–Crippen MR) is 45.5 cm³/mol. The molecular formula is C6H5BrFNO2S. The molecular weight excluding hydrogens is 249 g/mol. The first-order chi connectivity index (χ1) is 5.39. The van der Waals surface area contributed by atoms with Crippen LogP contribution in [0, 0.1) is 5.82 Å². The quantitative estimate of drug-likeness (QED) is 0.819. The number of hydrogen-bond donors (Lipinski definition) is 1. The van der Waals surface area contributed by atoms with Gasteiger partial charge < -0.3 is 0 Å². The summed E-state index contributed by atoms with van der Waals surface area (Å²) in [5, 5.41) is 4.78. The lowest BCUT2D eigenvalue weighted by Crippen LogP contribution is -2.12. The minimum Gasteiger partial charge on any atom is -0.225 e. The highest BCUT2D eigenvalue weighted by Gasteiger charge is 2.09. The van der Waals surface area contributed by atoms with Crippen molar-refractivity contribution >= 4 is 26.0 Å². The van der Waals surface area contributed by atoms with Gasteiger partial charge in [-0.3, -0.25) is 0 Å². The molecule has 12 heavy (non-hydrogen) atoms. The van der Waals surface area contributed by atoms with Crippen LogP contribution in [0.2, 0.25) is 0 Å². The van der Waals surface area contributed by atoms with Crippen molar-refractivity contribution < 1.29 is 12.8 Å². The Labute approximate surface area is 77.6 Å². The van der Waals surface area contributed by atoms with E-state index in [0.29, 0.717) is 4.47 Å². The van der Waals surface area contributed by atoms with Crippen LogP contribution in [0.25, 0.3) is 0 Å². The maximum Gasteiger partial charge on any atom is 0.238 e. The van der Waals surface area contributed by atoms with Crippen LogP contribution in [-0.4, -0.2) is 8.42 Å². The lowest BCUT2D eigenvalue weighted by molar-refractivity contribution is 0.592. The predicted octanol–water partition coefficient (Wildman–Crippen LogP) is 1.24. The number of nitrogens with two attached hydrogens (primary N) is 1. The van der Waals surface area contributed by atoms with Crippen LogP contribution in [-0.2, 0) is 10.0 Å². The smallest absolute Gasteiger partial charge is 0.225 e. The normalized spacial score (nSPS) is 11.6. The van der Waals surface area contributed by atoms with Crippen molar-refractivity contribution in [3.63, 3.8) is 0 Å². The summed E-state index contributed by atoms with van der Waals surface area (Å²) in [6, 6.07) is 3.24. The molecule has 66 valence electrons. The fourth-order valence-electron chi connectivity index (χ4n) is 0.693. The Morgan fingerprint density at radius 1 is 1.33 bits per heavy atom. The second-order valence-corrected chi connectivity index (χ2v) is 4.63. The van der Waals surface area contributed by atoms with E-state index in [2.05, 4.69) is 15.9 Å². The second kappa shape index (κ2) is 3.12. The van der Waals surface area contributed by atoms with Gasteiger partial charge in [-0.2, -0.15) is 0 Å². The van der Waals surface area contributed by atoms with Crippen molar-refractivity contribution in [1.29, 1.82) is 0 Å². The van der Waals surface area contributed by atoms with E-state index in [4.69, 9.17) is 5.14 Å². The van der Waals surface area contributed by atoms with Gasteiger partial charge in [0.1, 0.15) is 5.82 Å². The summed E-state index contributed by atoms with van der Waals surface area (Å²) in [6.45, 7) is 0. The van der Waals surface area contributed by atoms with Crippen LogP contribution in [0.5, 0.6) is 0 Å². The minimum atomic E-state index is -3.82. The van der Waals surface area contributed by atoms with Gasteiger partial charge in [-0.1, -0.05) is 15.9 Å². The van der Waals surface area contributed by atoms with Gasteiger partial charge in [-0.05, 0) is 18.2 Å². The van der Waals surface area contributed by atoms with E-state index in [1.54, 1.807) is 0 Å². The maximum atomic E-state index is 12.6. The summed E-state index contributed by atoms with van der Waals surface area (Å²) < 4.78 is 34.4. The first kappa shape index (κ1) is 9.63. The molecule has 0 aliphatic carbocycles. The van der Waals surface area contributed by atoms with Crippen molar-refractivity contribution in [3.05, 3.63) is 28.5 Å². The molecule has 3 nitrogen and oxygen atoms in total. The van der Waals surface area contributed by atoms with Crippen molar-refractivity contribution in [1.82, 2.24) is 0 Å². The number of benzene rings is 1. The Kier molecular flexibility index (Phi) is 2.50. The zero-order valence-corrected chi connectivity index (χ0v) is 8.19. The molecule has 0 bridgehead atoms. The third-order valence-electron chi connectivity index (χ3n) is 1.16. The SMILES string of the molecule is NS(=O)(=O)c1cc(F)cc(Br)c1. The van der Waals surface area contributed by atoms with Crippen LogP contribution < -0.4 is 5.14 Å². The molecule has 1 aromatic rings. The van der Waals surface area contributed by atoms with Gasteiger partial charge >= 0.3 is 0 Å². The van der Waals surface area contributed by atoms with Gasteiger partial charge in [0, 0.05) is 4.47 Å². The molecule has 0 unspecified atom stereocenters. The largest absolute Gasteiger partial charge is 0.238 e. The van der Waals surface area contributed by atoms with E-state index >= 15 is 0 Å². The fourth-order valence-corrected chi connectivity index (χ4v) is 1.88. The van der Waals surface area contributed by atoms with E-state index < -0.39 is 15.8 Å².